The van der Waals surface area contributed by atoms with Gasteiger partial charge in [0.25, 0.3) is 0 Å². The largest absolute Gasteiger partial charge is 0.442 e. The second-order valence-electron chi connectivity index (χ2n) is 7.35. The molecule has 0 aliphatic heterocycles. The number of rotatable bonds is 6. The van der Waals surface area contributed by atoms with Gasteiger partial charge in [0, 0.05) is 5.69 Å². The fourth-order valence-corrected chi connectivity index (χ4v) is 2.35. The van der Waals surface area contributed by atoms with Crippen LogP contribution in [0.3, 0.4) is 0 Å². The molecule has 0 saturated carbocycles. The molecule has 0 aliphatic carbocycles. The van der Waals surface area contributed by atoms with Gasteiger partial charge in [0.05, 0.1) is 23.0 Å². The lowest BCUT2D eigenvalue weighted by Crippen LogP contribution is -2.46. The molecular weight excluding hydrogens is 375 g/mol. The summed E-state index contributed by atoms with van der Waals surface area (Å²) >= 11 is 0. The number of benzene rings is 2. The molecule has 2 aromatic rings. The Morgan fingerprint density at radius 3 is 2.59 bits per heavy atom. The van der Waals surface area contributed by atoms with Crippen molar-refractivity contribution in [2.24, 2.45) is 0 Å². The molecule has 0 aliphatic rings. The molecule has 0 aromatic heterocycles. The van der Waals surface area contributed by atoms with Crippen LogP contribution >= 0.6 is 0 Å². The summed E-state index contributed by atoms with van der Waals surface area (Å²) in [5, 5.41) is 13.1. The third-order valence-electron chi connectivity index (χ3n) is 3.69. The van der Waals surface area contributed by atoms with Gasteiger partial charge in [0.15, 0.2) is 0 Å². The molecule has 0 radical (unpaired) electrons. The van der Waals surface area contributed by atoms with Crippen molar-refractivity contribution in [2.45, 2.75) is 39.3 Å². The second kappa shape index (κ2) is 9.06. The maximum Gasteiger partial charge on any atom is 0.429 e. The van der Waals surface area contributed by atoms with E-state index < -0.39 is 23.6 Å². The number of hydrogen-bond donors (Lipinski definition) is 2. The molecule has 0 bridgehead atoms. The fourth-order valence-electron chi connectivity index (χ4n) is 2.35. The third-order valence-corrected chi connectivity index (χ3v) is 3.69. The zero-order chi connectivity index (χ0) is 21.6. The smallest absolute Gasteiger partial charge is 0.429 e. The normalized spacial score (nSPS) is 11.7. The molecule has 1 atom stereocenters. The quantitative estimate of drug-likeness (QED) is 0.546. The Hall–Kier alpha value is -3.60. The Balaban J connectivity index is 2.35. The van der Waals surface area contributed by atoms with E-state index in [4.69, 9.17) is 10.00 Å². The van der Waals surface area contributed by atoms with Gasteiger partial charge >= 0.3 is 6.09 Å². The average Bonchev–Trinajstić information content (AvgIpc) is 2.65. The first-order valence-corrected chi connectivity index (χ1v) is 8.94. The summed E-state index contributed by atoms with van der Waals surface area (Å²) in [5.41, 5.74) is 3.72. The molecule has 2 rings (SSSR count). The van der Waals surface area contributed by atoms with Gasteiger partial charge in [-0.15, -0.1) is 0 Å². The van der Waals surface area contributed by atoms with Crippen LogP contribution in [-0.4, -0.2) is 29.0 Å². The Morgan fingerprint density at radius 1 is 1.24 bits per heavy atom. The number of nitriles is 1. The van der Waals surface area contributed by atoms with E-state index in [0.29, 0.717) is 28.9 Å². The van der Waals surface area contributed by atoms with Crippen molar-refractivity contribution in [3.05, 3.63) is 53.8 Å². The SMILES string of the molecule is CC(C=O)N(Nc1ccc(F)cc1Nc1cccc(C#N)c1)C(=O)OC(C)(C)C. The molecule has 7 nitrogen and oxygen atoms in total. The highest BCUT2D eigenvalue weighted by Crippen LogP contribution is 2.28. The minimum absolute atomic E-state index is 0.312. The number of amides is 1. The van der Waals surface area contributed by atoms with Gasteiger partial charge in [-0.2, -0.15) is 5.26 Å². The molecule has 8 heteroatoms. The molecule has 0 fully saturated rings. The molecule has 29 heavy (non-hydrogen) atoms. The number of halogens is 1. The van der Waals surface area contributed by atoms with Crippen LogP contribution in [0.2, 0.25) is 0 Å². The lowest BCUT2D eigenvalue weighted by Gasteiger charge is -2.30. The topological polar surface area (TPSA) is 94.5 Å². The van der Waals surface area contributed by atoms with Crippen molar-refractivity contribution in [3.8, 4) is 6.07 Å². The molecule has 152 valence electrons. The van der Waals surface area contributed by atoms with E-state index in [1.54, 1.807) is 45.0 Å². The first kappa shape index (κ1) is 21.7. The molecule has 2 N–H and O–H groups in total. The summed E-state index contributed by atoms with van der Waals surface area (Å²) in [6.45, 7) is 6.65. The first-order chi connectivity index (χ1) is 13.6. The van der Waals surface area contributed by atoms with Gasteiger partial charge in [0.2, 0.25) is 0 Å². The van der Waals surface area contributed by atoms with E-state index in [-0.39, 0.29) is 0 Å². The number of ether oxygens (including phenoxy) is 1. The standard InChI is InChI=1S/C21H23FN4O3/c1-14(13-27)26(20(28)29-21(2,3)4)25-18-9-8-16(22)11-19(18)24-17-7-5-6-15(10-17)12-23/h5-11,13-14,24-25H,1-4H3. The van der Waals surface area contributed by atoms with Gasteiger partial charge < -0.3 is 14.8 Å². The monoisotopic (exact) mass is 398 g/mol. The number of aldehydes is 1. The van der Waals surface area contributed by atoms with Gasteiger partial charge in [-0.05, 0) is 64.1 Å². The van der Waals surface area contributed by atoms with E-state index in [2.05, 4.69) is 10.7 Å². The third kappa shape index (κ3) is 6.21. The van der Waals surface area contributed by atoms with Gasteiger partial charge in [-0.25, -0.2) is 14.2 Å². The number of hydrogen-bond acceptors (Lipinski definition) is 6. The van der Waals surface area contributed by atoms with E-state index in [9.17, 15) is 14.0 Å². The molecular formula is C21H23FN4O3. The van der Waals surface area contributed by atoms with Crippen molar-refractivity contribution in [2.75, 3.05) is 10.7 Å². The van der Waals surface area contributed by atoms with Crippen LogP contribution in [-0.2, 0) is 9.53 Å². The number of anilines is 3. The van der Waals surface area contributed by atoms with Crippen molar-refractivity contribution in [1.82, 2.24) is 5.01 Å². The summed E-state index contributed by atoms with van der Waals surface area (Å²) in [7, 11) is 0. The van der Waals surface area contributed by atoms with Crippen LogP contribution in [0, 0.1) is 17.1 Å². The van der Waals surface area contributed by atoms with Crippen molar-refractivity contribution in [3.63, 3.8) is 0 Å². The number of nitrogens with zero attached hydrogens (tertiary/aromatic N) is 2. The summed E-state index contributed by atoms with van der Waals surface area (Å²) < 4.78 is 19.2. The Labute approximate surface area is 169 Å². The zero-order valence-electron chi connectivity index (χ0n) is 16.7. The maximum atomic E-state index is 13.9. The Bertz CT molecular complexity index is 934. The van der Waals surface area contributed by atoms with Crippen LogP contribution in [0.5, 0.6) is 0 Å². The zero-order valence-corrected chi connectivity index (χ0v) is 16.7. The predicted octanol–water partition coefficient (Wildman–Crippen LogP) is 4.59. The average molecular weight is 398 g/mol. The highest BCUT2D eigenvalue weighted by Gasteiger charge is 2.27. The summed E-state index contributed by atoms with van der Waals surface area (Å²) in [5.74, 6) is -0.498. The van der Waals surface area contributed by atoms with E-state index in [1.807, 2.05) is 6.07 Å². The van der Waals surface area contributed by atoms with Crippen molar-refractivity contribution in [1.29, 1.82) is 5.26 Å². The van der Waals surface area contributed by atoms with Crippen LogP contribution < -0.4 is 10.7 Å². The Kier molecular flexibility index (Phi) is 6.78. The maximum absolute atomic E-state index is 13.9. The minimum atomic E-state index is -0.843. The van der Waals surface area contributed by atoms with E-state index >= 15 is 0 Å². The highest BCUT2D eigenvalue weighted by molar-refractivity contribution is 5.80. The fraction of sp³-hybridized carbons (Fsp3) is 0.286. The molecule has 1 amide bonds. The van der Waals surface area contributed by atoms with Gasteiger partial charge in [-0.3, -0.25) is 5.43 Å². The van der Waals surface area contributed by atoms with Crippen LogP contribution in [0.25, 0.3) is 0 Å². The summed E-state index contributed by atoms with van der Waals surface area (Å²) in [4.78, 5) is 23.8. The number of hydrazine groups is 1. The van der Waals surface area contributed by atoms with Crippen LogP contribution in [0.4, 0.5) is 26.2 Å². The van der Waals surface area contributed by atoms with Crippen molar-refractivity contribution < 1.29 is 18.7 Å². The predicted molar refractivity (Wildman–Crippen MR) is 108 cm³/mol. The van der Waals surface area contributed by atoms with Crippen LogP contribution in [0.15, 0.2) is 42.5 Å². The second-order valence-corrected chi connectivity index (χ2v) is 7.35. The first-order valence-electron chi connectivity index (χ1n) is 8.94. The van der Waals surface area contributed by atoms with Crippen molar-refractivity contribution >= 4 is 29.4 Å². The molecule has 1 unspecified atom stereocenters. The van der Waals surface area contributed by atoms with Gasteiger partial charge in [0.1, 0.15) is 23.7 Å². The van der Waals surface area contributed by atoms with E-state index in [0.717, 1.165) is 5.01 Å². The highest BCUT2D eigenvalue weighted by atomic mass is 19.1. The molecule has 0 saturated heterocycles. The Morgan fingerprint density at radius 2 is 1.97 bits per heavy atom. The summed E-state index contributed by atoms with van der Waals surface area (Å²) in [6, 6.07) is 11.7. The molecule has 2 aromatic carbocycles. The lowest BCUT2D eigenvalue weighted by molar-refractivity contribution is -0.111. The number of nitrogens with one attached hydrogen (secondary N) is 2. The number of carbonyl (C=O) groups is 2. The molecule has 0 spiro atoms. The van der Waals surface area contributed by atoms with Gasteiger partial charge in [-0.1, -0.05) is 6.07 Å². The van der Waals surface area contributed by atoms with E-state index in [1.165, 1.54) is 25.1 Å². The minimum Gasteiger partial charge on any atom is -0.442 e. The summed E-state index contributed by atoms with van der Waals surface area (Å²) in [6.07, 6.45) is -0.164. The van der Waals surface area contributed by atoms with Crippen LogP contribution in [0.1, 0.15) is 33.3 Å². The lowest BCUT2D eigenvalue weighted by atomic mass is 10.2. The molecule has 0 heterocycles. The number of carbonyl (C=O) groups excluding carboxylic acids is 2.